The molecule has 0 aliphatic heterocycles. The number of benzene rings is 2. The topological polar surface area (TPSA) is 0 Å². The minimum atomic E-state index is 1.33. The molecule has 0 radical (unpaired) electrons. The van der Waals surface area contributed by atoms with E-state index >= 15 is 0 Å². The highest BCUT2D eigenvalue weighted by Crippen LogP contribution is 2.16. The third-order valence-electron chi connectivity index (χ3n) is 2.15. The average Bonchev–Trinajstić information content (AvgIpc) is 2.20. The minimum absolute atomic E-state index is 1.33. The summed E-state index contributed by atoms with van der Waals surface area (Å²) in [7, 11) is 0. The van der Waals surface area contributed by atoms with Crippen LogP contribution in [0, 0.1) is 13.8 Å². The first kappa shape index (κ1) is 10.8. The van der Waals surface area contributed by atoms with Gasteiger partial charge in [-0.3, -0.25) is 0 Å². The van der Waals surface area contributed by atoms with Crippen molar-refractivity contribution in [2.24, 2.45) is 0 Å². The fourth-order valence-corrected chi connectivity index (χ4v) is 1.49. The van der Waals surface area contributed by atoms with E-state index in [1.807, 2.05) is 13.8 Å². The molecule has 0 nitrogen and oxygen atoms in total. The standard InChI is InChI=1S/C12H12.C2H6/c1-9-3-5-11-6-4-10(2)8-12(11)7-9;1-2/h3-8H,1-2H3;1-2H3. The predicted octanol–water partition coefficient (Wildman–Crippen LogP) is 4.48. The predicted molar refractivity (Wildman–Crippen MR) is 64.8 cm³/mol. The zero-order valence-electron chi connectivity index (χ0n) is 9.46. The molecule has 0 unspecified atom stereocenters. The molecule has 0 saturated heterocycles. The number of hydrogen-bond donors (Lipinski definition) is 0. The van der Waals surface area contributed by atoms with Crippen LogP contribution in [-0.4, -0.2) is 0 Å². The molecule has 0 spiro atoms. The van der Waals surface area contributed by atoms with E-state index in [2.05, 4.69) is 50.2 Å². The summed E-state index contributed by atoms with van der Waals surface area (Å²) in [6, 6.07) is 13.1. The highest BCUT2D eigenvalue weighted by Gasteiger charge is 1.92. The molecule has 0 aliphatic carbocycles. The van der Waals surface area contributed by atoms with E-state index in [0.717, 1.165) is 0 Å². The Balaban J connectivity index is 0.000000461. The normalized spacial score (nSPS) is 9.43. The molecule has 2 aromatic rings. The van der Waals surface area contributed by atoms with E-state index < -0.39 is 0 Å². The first-order valence-electron chi connectivity index (χ1n) is 5.23. The molecule has 0 fully saturated rings. The van der Waals surface area contributed by atoms with Crippen molar-refractivity contribution in [3.05, 3.63) is 47.5 Å². The van der Waals surface area contributed by atoms with Crippen LogP contribution in [0.25, 0.3) is 10.8 Å². The number of aryl methyl sites for hydroxylation is 2. The van der Waals surface area contributed by atoms with Crippen LogP contribution in [0.1, 0.15) is 25.0 Å². The van der Waals surface area contributed by atoms with Gasteiger partial charge in [0.1, 0.15) is 0 Å². The monoisotopic (exact) mass is 186 g/mol. The lowest BCUT2D eigenvalue weighted by Gasteiger charge is -1.99. The molecule has 74 valence electrons. The summed E-state index contributed by atoms with van der Waals surface area (Å²) in [5.41, 5.74) is 2.65. The van der Waals surface area contributed by atoms with E-state index in [1.54, 1.807) is 0 Å². The maximum Gasteiger partial charge on any atom is -0.0179 e. The summed E-state index contributed by atoms with van der Waals surface area (Å²) in [5, 5.41) is 2.67. The lowest BCUT2D eigenvalue weighted by atomic mass is 10.1. The van der Waals surface area contributed by atoms with Crippen LogP contribution in [0.15, 0.2) is 36.4 Å². The van der Waals surface area contributed by atoms with Gasteiger partial charge in [-0.2, -0.15) is 0 Å². The van der Waals surface area contributed by atoms with Crippen LogP contribution in [-0.2, 0) is 0 Å². The van der Waals surface area contributed by atoms with Crippen molar-refractivity contribution >= 4 is 10.8 Å². The third kappa shape index (κ3) is 2.35. The molecule has 0 aliphatic rings. The average molecular weight is 186 g/mol. The molecule has 0 aromatic heterocycles. The van der Waals surface area contributed by atoms with Crippen molar-refractivity contribution in [1.82, 2.24) is 0 Å². The number of rotatable bonds is 0. The van der Waals surface area contributed by atoms with Gasteiger partial charge < -0.3 is 0 Å². The Bertz CT molecular complexity index is 377. The Morgan fingerprint density at radius 2 is 1.07 bits per heavy atom. The number of fused-ring (bicyclic) bond motifs is 1. The molecule has 0 amide bonds. The zero-order chi connectivity index (χ0) is 10.6. The van der Waals surface area contributed by atoms with Gasteiger partial charge in [0.05, 0.1) is 0 Å². The van der Waals surface area contributed by atoms with Gasteiger partial charge in [0.2, 0.25) is 0 Å². The molecule has 0 atom stereocenters. The van der Waals surface area contributed by atoms with Crippen LogP contribution < -0.4 is 0 Å². The Hall–Kier alpha value is -1.30. The van der Waals surface area contributed by atoms with Crippen molar-refractivity contribution in [2.45, 2.75) is 27.7 Å². The van der Waals surface area contributed by atoms with Crippen LogP contribution in [0.5, 0.6) is 0 Å². The molecule has 0 N–H and O–H groups in total. The van der Waals surface area contributed by atoms with E-state index in [1.165, 1.54) is 21.9 Å². The molecule has 0 heterocycles. The van der Waals surface area contributed by atoms with Crippen LogP contribution in [0.4, 0.5) is 0 Å². The fraction of sp³-hybridized carbons (Fsp3) is 0.286. The van der Waals surface area contributed by atoms with Crippen molar-refractivity contribution in [2.75, 3.05) is 0 Å². The lowest BCUT2D eigenvalue weighted by Crippen LogP contribution is -1.76. The molecular formula is C14H18. The van der Waals surface area contributed by atoms with Gasteiger partial charge in [-0.15, -0.1) is 0 Å². The minimum Gasteiger partial charge on any atom is -0.0683 e. The second-order valence-corrected chi connectivity index (χ2v) is 3.35. The second kappa shape index (κ2) is 4.80. The summed E-state index contributed by atoms with van der Waals surface area (Å²) < 4.78 is 0. The molecule has 0 heteroatoms. The molecular weight excluding hydrogens is 168 g/mol. The summed E-state index contributed by atoms with van der Waals surface area (Å²) >= 11 is 0. The first-order valence-corrected chi connectivity index (χ1v) is 5.23. The molecule has 0 bridgehead atoms. The van der Waals surface area contributed by atoms with Gasteiger partial charge >= 0.3 is 0 Å². The van der Waals surface area contributed by atoms with Crippen LogP contribution in [0.3, 0.4) is 0 Å². The van der Waals surface area contributed by atoms with Crippen LogP contribution >= 0.6 is 0 Å². The quantitative estimate of drug-likeness (QED) is 0.569. The van der Waals surface area contributed by atoms with Crippen molar-refractivity contribution in [3.8, 4) is 0 Å². The van der Waals surface area contributed by atoms with Gasteiger partial charge in [-0.1, -0.05) is 61.4 Å². The lowest BCUT2D eigenvalue weighted by molar-refractivity contribution is 1.47. The van der Waals surface area contributed by atoms with E-state index in [-0.39, 0.29) is 0 Å². The maximum absolute atomic E-state index is 2.22. The van der Waals surface area contributed by atoms with Gasteiger partial charge in [0, 0.05) is 0 Å². The van der Waals surface area contributed by atoms with Gasteiger partial charge in [0.15, 0.2) is 0 Å². The van der Waals surface area contributed by atoms with E-state index in [4.69, 9.17) is 0 Å². The van der Waals surface area contributed by atoms with Gasteiger partial charge in [0.25, 0.3) is 0 Å². The Labute approximate surface area is 86.6 Å². The van der Waals surface area contributed by atoms with E-state index in [0.29, 0.717) is 0 Å². The highest BCUT2D eigenvalue weighted by molar-refractivity contribution is 5.83. The van der Waals surface area contributed by atoms with Crippen LogP contribution in [0.2, 0.25) is 0 Å². The van der Waals surface area contributed by atoms with Gasteiger partial charge in [-0.25, -0.2) is 0 Å². The van der Waals surface area contributed by atoms with Crippen molar-refractivity contribution < 1.29 is 0 Å². The molecule has 2 rings (SSSR count). The largest absolute Gasteiger partial charge is 0.0683 e. The van der Waals surface area contributed by atoms with Crippen molar-refractivity contribution in [3.63, 3.8) is 0 Å². The molecule has 2 aromatic carbocycles. The highest BCUT2D eigenvalue weighted by atomic mass is 14.0. The Morgan fingerprint density at radius 3 is 1.50 bits per heavy atom. The second-order valence-electron chi connectivity index (χ2n) is 3.35. The maximum atomic E-state index is 2.22. The summed E-state index contributed by atoms with van der Waals surface area (Å²) in [6.45, 7) is 8.25. The summed E-state index contributed by atoms with van der Waals surface area (Å²) in [6.07, 6.45) is 0. The van der Waals surface area contributed by atoms with Crippen molar-refractivity contribution in [1.29, 1.82) is 0 Å². The molecule has 14 heavy (non-hydrogen) atoms. The number of hydrogen-bond acceptors (Lipinski definition) is 0. The molecule has 0 saturated carbocycles. The Morgan fingerprint density at radius 1 is 0.643 bits per heavy atom. The van der Waals surface area contributed by atoms with E-state index in [9.17, 15) is 0 Å². The third-order valence-corrected chi connectivity index (χ3v) is 2.15. The fourth-order valence-electron chi connectivity index (χ4n) is 1.49. The van der Waals surface area contributed by atoms with Gasteiger partial charge in [-0.05, 0) is 24.6 Å². The SMILES string of the molecule is CC.Cc1ccc2ccc(C)cc2c1. The zero-order valence-corrected chi connectivity index (χ0v) is 9.46. The summed E-state index contributed by atoms with van der Waals surface area (Å²) in [4.78, 5) is 0. The Kier molecular flexibility index (Phi) is 3.70. The smallest absolute Gasteiger partial charge is 0.0179 e. The summed E-state index contributed by atoms with van der Waals surface area (Å²) in [5.74, 6) is 0. The first-order chi connectivity index (χ1) is 6.75.